The van der Waals surface area contributed by atoms with E-state index in [0.29, 0.717) is 0 Å². The van der Waals surface area contributed by atoms with Crippen molar-refractivity contribution in [2.45, 2.75) is 72.5 Å². The maximum absolute atomic E-state index is 12.5. The zero-order valence-electron chi connectivity index (χ0n) is 18.8. The van der Waals surface area contributed by atoms with Crippen molar-refractivity contribution in [3.8, 4) is 0 Å². The number of carboxylic acids is 2. The number of rotatable bonds is 4. The Morgan fingerprint density at radius 1 is 0.943 bits per heavy atom. The number of carbonyl (C=O) groups excluding carboxylic acids is 2. The third kappa shape index (κ3) is 3.13. The van der Waals surface area contributed by atoms with Gasteiger partial charge in [0, 0.05) is 6.20 Å². The zero-order chi connectivity index (χ0) is 26.3. The van der Waals surface area contributed by atoms with Crippen LogP contribution in [0.5, 0.6) is 0 Å². The van der Waals surface area contributed by atoms with E-state index in [9.17, 15) is 41.1 Å². The number of hydrogen-bond acceptors (Lipinski definition) is 10. The Morgan fingerprint density at radius 3 is 1.83 bits per heavy atom. The van der Waals surface area contributed by atoms with Crippen molar-refractivity contribution in [1.29, 1.82) is 0 Å². The molecule has 1 aromatic rings. The minimum absolute atomic E-state index is 0.0878. The molecule has 4 fully saturated rings. The van der Waals surface area contributed by atoms with Crippen LogP contribution < -0.4 is 0 Å². The molecule has 0 radical (unpaired) electrons. The monoisotopic (exact) mass is 533 g/mol. The van der Waals surface area contributed by atoms with Gasteiger partial charge in [-0.2, -0.15) is 0 Å². The maximum atomic E-state index is 12.5. The van der Waals surface area contributed by atoms with Crippen molar-refractivity contribution in [2.24, 2.45) is 0 Å². The number of β-lactam (4-membered cyclic amide) rings is 2. The Morgan fingerprint density at radius 2 is 1.43 bits per heavy atom. The number of fused-ring (bicyclic) bond motifs is 2. The molecule has 1 aromatic heterocycles. The summed E-state index contributed by atoms with van der Waals surface area (Å²) in [6.07, 6.45) is 2.59. The van der Waals surface area contributed by atoms with Gasteiger partial charge in [-0.1, -0.05) is 5.21 Å². The fourth-order valence-electron chi connectivity index (χ4n) is 5.15. The van der Waals surface area contributed by atoms with Gasteiger partial charge in [0.15, 0.2) is 25.7 Å². The summed E-state index contributed by atoms with van der Waals surface area (Å²) in [4.78, 5) is 47.1. The smallest absolute Gasteiger partial charge is 0.328 e. The lowest BCUT2D eigenvalue weighted by atomic mass is 9.96. The predicted molar refractivity (Wildman–Crippen MR) is 114 cm³/mol. The molecule has 0 saturated carbocycles. The summed E-state index contributed by atoms with van der Waals surface area (Å²) >= 11 is 0. The molecule has 35 heavy (non-hydrogen) atoms. The molecular weight excluding hydrogens is 510 g/mol. The molecule has 15 nitrogen and oxygen atoms in total. The topological polar surface area (TPSA) is 214 Å². The van der Waals surface area contributed by atoms with Gasteiger partial charge in [-0.05, 0) is 20.8 Å². The highest BCUT2D eigenvalue weighted by molar-refractivity contribution is 7.94. The molecule has 0 aromatic carbocycles. The Bertz CT molecular complexity index is 1340. The van der Waals surface area contributed by atoms with Crippen molar-refractivity contribution in [3.63, 3.8) is 0 Å². The van der Waals surface area contributed by atoms with E-state index in [1.54, 1.807) is 0 Å². The standard InChI is InChI=1S/C10H12N4O5S.C8H11NO5S/c1-10(5-13-3-2-11-12-13)8(9(16)17)14-6(15)4-7(14)20(10,18)19;1-8(2)6(7(11)12)9-4(10)3-5(9)15(8,13)14/h2-3,7-8H,4-5H2,1H3,(H,16,17);5-6H,3H2,1-2H3,(H,11,12)/t7-,8+,10+;5-,6+/m11/s1. The van der Waals surface area contributed by atoms with Crippen molar-refractivity contribution < 1.29 is 46.2 Å². The number of nitrogens with zero attached hydrogens (tertiary/aromatic N) is 5. The summed E-state index contributed by atoms with van der Waals surface area (Å²) < 4.78 is 47.1. The minimum atomic E-state index is -3.80. The molecule has 5 rings (SSSR count). The van der Waals surface area contributed by atoms with Crippen LogP contribution >= 0.6 is 0 Å². The third-order valence-electron chi connectivity index (χ3n) is 7.20. The lowest BCUT2D eigenvalue weighted by Crippen LogP contribution is -2.58. The van der Waals surface area contributed by atoms with E-state index in [1.807, 2.05) is 0 Å². The van der Waals surface area contributed by atoms with E-state index in [1.165, 1.54) is 37.8 Å². The highest BCUT2D eigenvalue weighted by atomic mass is 32.2. The largest absolute Gasteiger partial charge is 0.480 e. The molecule has 4 aliphatic heterocycles. The van der Waals surface area contributed by atoms with Gasteiger partial charge in [0.1, 0.15) is 21.5 Å². The van der Waals surface area contributed by atoms with Crippen molar-refractivity contribution in [1.82, 2.24) is 24.8 Å². The first kappa shape index (κ1) is 25.0. The van der Waals surface area contributed by atoms with Crippen LogP contribution in [0.4, 0.5) is 0 Å². The fourth-order valence-corrected chi connectivity index (χ4v) is 9.64. The van der Waals surface area contributed by atoms with E-state index >= 15 is 0 Å². The number of carbonyl (C=O) groups is 4. The normalized spacial score (nSPS) is 35.2. The van der Waals surface area contributed by atoms with Gasteiger partial charge in [0.05, 0.1) is 30.3 Å². The van der Waals surface area contributed by atoms with E-state index in [-0.39, 0.29) is 19.4 Å². The molecule has 4 saturated heterocycles. The lowest BCUT2D eigenvalue weighted by Gasteiger charge is -2.35. The van der Waals surface area contributed by atoms with Crippen LogP contribution in [0.3, 0.4) is 0 Å². The lowest BCUT2D eigenvalue weighted by molar-refractivity contribution is -0.157. The van der Waals surface area contributed by atoms with E-state index < -0.39 is 75.8 Å². The molecule has 0 bridgehead atoms. The van der Waals surface area contributed by atoms with Crippen LogP contribution in [0.25, 0.3) is 0 Å². The minimum Gasteiger partial charge on any atom is -0.480 e. The van der Waals surface area contributed by atoms with E-state index in [4.69, 9.17) is 5.11 Å². The van der Waals surface area contributed by atoms with Gasteiger partial charge in [-0.3, -0.25) is 14.3 Å². The van der Waals surface area contributed by atoms with Gasteiger partial charge in [-0.25, -0.2) is 26.4 Å². The second-order valence-electron chi connectivity index (χ2n) is 9.51. The number of aliphatic carboxylic acids is 2. The second kappa shape index (κ2) is 7.46. The van der Waals surface area contributed by atoms with Gasteiger partial charge in [-0.15, -0.1) is 5.10 Å². The summed E-state index contributed by atoms with van der Waals surface area (Å²) in [7, 11) is -7.36. The van der Waals surface area contributed by atoms with Crippen LogP contribution in [0.1, 0.15) is 33.6 Å². The SMILES string of the molecule is CC1(C)[C@H](C(=O)O)N2C(=O)C[C@H]2S1(=O)=O.C[C@]1(Cn2ccnn2)[C@H](C(=O)O)N2C(=O)C[C@H]2S1(=O)=O. The molecular formula is C18H23N5O10S2. The van der Waals surface area contributed by atoms with Crippen molar-refractivity contribution in [3.05, 3.63) is 12.4 Å². The van der Waals surface area contributed by atoms with Gasteiger partial charge < -0.3 is 20.0 Å². The van der Waals surface area contributed by atoms with Crippen LogP contribution in [0, 0.1) is 0 Å². The van der Waals surface area contributed by atoms with Gasteiger partial charge in [0.25, 0.3) is 0 Å². The van der Waals surface area contributed by atoms with Crippen LogP contribution in [0.15, 0.2) is 12.4 Å². The highest BCUT2D eigenvalue weighted by Crippen LogP contribution is 2.47. The Kier molecular flexibility index (Phi) is 5.33. The number of carboxylic acid groups (broad SMARTS) is 2. The molecule has 0 unspecified atom stereocenters. The van der Waals surface area contributed by atoms with E-state index in [2.05, 4.69) is 10.3 Å². The average molecular weight is 534 g/mol. The molecule has 2 amide bonds. The molecule has 0 aliphatic carbocycles. The predicted octanol–water partition coefficient (Wildman–Crippen LogP) is -2.32. The number of sulfone groups is 2. The Balaban J connectivity index is 0.000000172. The Hall–Kier alpha value is -3.08. The average Bonchev–Trinajstić information content (AvgIpc) is 3.30. The quantitative estimate of drug-likeness (QED) is 0.390. The first-order chi connectivity index (χ1) is 16.0. The molecule has 2 N–H and O–H groups in total. The molecule has 0 spiro atoms. The number of amides is 2. The Labute approximate surface area is 199 Å². The van der Waals surface area contributed by atoms with Gasteiger partial charge >= 0.3 is 11.9 Å². The summed E-state index contributed by atoms with van der Waals surface area (Å²) in [5.74, 6) is -3.44. The molecule has 17 heteroatoms. The molecule has 4 aliphatic rings. The molecule has 192 valence electrons. The fraction of sp³-hybridized carbons (Fsp3) is 0.667. The molecule has 5 atom stereocenters. The number of aromatic nitrogens is 3. The summed E-state index contributed by atoms with van der Waals surface area (Å²) in [6, 6.07) is -2.66. The third-order valence-corrected chi connectivity index (χ3v) is 12.8. The van der Waals surface area contributed by atoms with Gasteiger partial charge in [0.2, 0.25) is 11.8 Å². The summed E-state index contributed by atoms with van der Waals surface area (Å²) in [5.41, 5.74) is 0. The summed E-state index contributed by atoms with van der Waals surface area (Å²) in [5, 5.41) is 23.6. The maximum Gasteiger partial charge on any atom is 0.328 e. The van der Waals surface area contributed by atoms with Crippen LogP contribution in [-0.2, 0) is 45.4 Å². The first-order valence-electron chi connectivity index (χ1n) is 10.4. The number of hydrogen-bond donors (Lipinski definition) is 2. The zero-order valence-corrected chi connectivity index (χ0v) is 20.4. The highest BCUT2D eigenvalue weighted by Gasteiger charge is 2.70. The van der Waals surface area contributed by atoms with Crippen LogP contribution in [0.2, 0.25) is 0 Å². The first-order valence-corrected chi connectivity index (χ1v) is 13.5. The second-order valence-corrected chi connectivity index (χ2v) is 14.8. The van der Waals surface area contributed by atoms with Crippen molar-refractivity contribution in [2.75, 3.05) is 0 Å². The van der Waals surface area contributed by atoms with Crippen molar-refractivity contribution >= 4 is 43.4 Å². The summed E-state index contributed by atoms with van der Waals surface area (Å²) in [6.45, 7) is 3.89. The van der Waals surface area contributed by atoms with Crippen LogP contribution in [-0.4, -0.2) is 108 Å². The molecule has 5 heterocycles. The van der Waals surface area contributed by atoms with E-state index in [0.717, 1.165) is 9.80 Å².